The molecule has 1 aromatic carbocycles. The molecule has 0 radical (unpaired) electrons. The van der Waals surface area contributed by atoms with Gasteiger partial charge in [-0.1, -0.05) is 44.5 Å². The lowest BCUT2D eigenvalue weighted by atomic mass is 9.69. The van der Waals surface area contributed by atoms with E-state index in [9.17, 15) is 4.79 Å². The predicted octanol–water partition coefficient (Wildman–Crippen LogP) is 5.61. The number of ketones is 1. The molecule has 0 bridgehead atoms. The number of aryl methyl sites for hydroxylation is 1. The third-order valence-corrected chi connectivity index (χ3v) is 5.33. The summed E-state index contributed by atoms with van der Waals surface area (Å²) in [4.78, 5) is 12.5. The van der Waals surface area contributed by atoms with Gasteiger partial charge in [-0.25, -0.2) is 0 Å². The van der Waals surface area contributed by atoms with Gasteiger partial charge in [0.15, 0.2) is 0 Å². The lowest BCUT2D eigenvalue weighted by Crippen LogP contribution is -2.29. The van der Waals surface area contributed by atoms with Gasteiger partial charge in [0, 0.05) is 17.4 Å². The quantitative estimate of drug-likeness (QED) is 0.709. The van der Waals surface area contributed by atoms with Gasteiger partial charge in [0.1, 0.15) is 5.78 Å². The van der Waals surface area contributed by atoms with Gasteiger partial charge in [-0.2, -0.15) is 0 Å². The number of benzene rings is 1. The number of hydrogen-bond acceptors (Lipinski definition) is 1. The summed E-state index contributed by atoms with van der Waals surface area (Å²) in [6.45, 7) is 8.95. The van der Waals surface area contributed by atoms with E-state index in [-0.39, 0.29) is 5.92 Å². The zero-order chi connectivity index (χ0) is 15.6. The molecule has 0 amide bonds. The van der Waals surface area contributed by atoms with Crippen molar-refractivity contribution in [2.24, 2.45) is 17.3 Å². The van der Waals surface area contributed by atoms with Crippen LogP contribution in [0.1, 0.15) is 57.6 Å². The van der Waals surface area contributed by atoms with Crippen molar-refractivity contribution < 1.29 is 4.79 Å². The van der Waals surface area contributed by atoms with Crippen LogP contribution in [0.3, 0.4) is 0 Å². The van der Waals surface area contributed by atoms with Crippen molar-refractivity contribution in [1.82, 2.24) is 0 Å². The molecule has 0 aromatic heterocycles. The van der Waals surface area contributed by atoms with Gasteiger partial charge in [0.05, 0.1) is 0 Å². The van der Waals surface area contributed by atoms with Crippen LogP contribution >= 0.6 is 11.6 Å². The van der Waals surface area contributed by atoms with Crippen molar-refractivity contribution in [3.8, 4) is 0 Å². The van der Waals surface area contributed by atoms with Crippen LogP contribution in [0.5, 0.6) is 0 Å². The molecule has 2 rings (SSSR count). The molecule has 0 aliphatic heterocycles. The molecule has 0 spiro atoms. The van der Waals surface area contributed by atoms with E-state index >= 15 is 0 Å². The fourth-order valence-corrected chi connectivity index (χ4v) is 3.71. The maximum absolute atomic E-state index is 12.5. The first-order valence-corrected chi connectivity index (χ1v) is 8.43. The molecule has 116 valence electrons. The second-order valence-electron chi connectivity index (χ2n) is 7.65. The van der Waals surface area contributed by atoms with Gasteiger partial charge >= 0.3 is 0 Å². The van der Waals surface area contributed by atoms with E-state index in [0.29, 0.717) is 17.6 Å². The molecule has 1 saturated carbocycles. The minimum atomic E-state index is 0.237. The van der Waals surface area contributed by atoms with Gasteiger partial charge < -0.3 is 0 Å². The highest BCUT2D eigenvalue weighted by Gasteiger charge is 2.32. The molecular weight excluding hydrogens is 280 g/mol. The van der Waals surface area contributed by atoms with Gasteiger partial charge in [-0.3, -0.25) is 4.79 Å². The molecule has 2 heteroatoms. The molecular formula is C19H27ClO. The second kappa shape index (κ2) is 6.52. The van der Waals surface area contributed by atoms with E-state index in [1.807, 2.05) is 25.1 Å². The summed E-state index contributed by atoms with van der Waals surface area (Å²) in [5.74, 6) is 1.36. The molecule has 1 aromatic rings. The van der Waals surface area contributed by atoms with Crippen LogP contribution in [-0.2, 0) is 11.2 Å². The predicted molar refractivity (Wildman–Crippen MR) is 89.8 cm³/mol. The third-order valence-electron chi connectivity index (χ3n) is 4.98. The molecule has 0 atom stereocenters. The summed E-state index contributed by atoms with van der Waals surface area (Å²) in [5.41, 5.74) is 2.49. The molecule has 0 heterocycles. The van der Waals surface area contributed by atoms with E-state index in [1.165, 1.54) is 12.8 Å². The average Bonchev–Trinajstić information content (AvgIpc) is 2.41. The zero-order valence-corrected chi connectivity index (χ0v) is 14.5. The Labute approximate surface area is 134 Å². The lowest BCUT2D eigenvalue weighted by Gasteiger charge is -2.36. The Morgan fingerprint density at radius 3 is 2.33 bits per heavy atom. The Morgan fingerprint density at radius 1 is 1.19 bits per heavy atom. The van der Waals surface area contributed by atoms with E-state index in [2.05, 4.69) is 20.8 Å². The summed E-state index contributed by atoms with van der Waals surface area (Å²) in [6.07, 6.45) is 4.95. The van der Waals surface area contributed by atoms with Crippen LogP contribution < -0.4 is 0 Å². The first-order chi connectivity index (χ1) is 9.77. The Bertz CT molecular complexity index is 505. The van der Waals surface area contributed by atoms with E-state index in [4.69, 9.17) is 11.6 Å². The highest BCUT2D eigenvalue weighted by molar-refractivity contribution is 6.31. The van der Waals surface area contributed by atoms with Gasteiger partial charge in [0.25, 0.3) is 0 Å². The molecule has 0 unspecified atom stereocenters. The molecule has 1 fully saturated rings. The lowest BCUT2D eigenvalue weighted by molar-refractivity contribution is -0.123. The summed E-state index contributed by atoms with van der Waals surface area (Å²) < 4.78 is 0. The van der Waals surface area contributed by atoms with Crippen molar-refractivity contribution in [2.45, 2.75) is 59.8 Å². The second-order valence-corrected chi connectivity index (χ2v) is 8.06. The van der Waals surface area contributed by atoms with Crippen LogP contribution in [0.4, 0.5) is 0 Å². The smallest absolute Gasteiger partial charge is 0.140 e. The average molecular weight is 307 g/mol. The van der Waals surface area contributed by atoms with Crippen LogP contribution in [0.25, 0.3) is 0 Å². The highest BCUT2D eigenvalue weighted by atomic mass is 35.5. The van der Waals surface area contributed by atoms with E-state index in [1.54, 1.807) is 0 Å². The highest BCUT2D eigenvalue weighted by Crippen LogP contribution is 2.40. The third kappa shape index (κ3) is 4.32. The maximum atomic E-state index is 12.5. The summed E-state index contributed by atoms with van der Waals surface area (Å²) in [6, 6.07) is 5.97. The van der Waals surface area contributed by atoms with Crippen molar-refractivity contribution in [3.05, 3.63) is 34.3 Å². The molecule has 1 aliphatic rings. The molecule has 1 nitrogen and oxygen atoms in total. The van der Waals surface area contributed by atoms with Crippen molar-refractivity contribution in [1.29, 1.82) is 0 Å². The fraction of sp³-hybridized carbons (Fsp3) is 0.632. The van der Waals surface area contributed by atoms with Crippen LogP contribution in [-0.4, -0.2) is 5.78 Å². The summed E-state index contributed by atoms with van der Waals surface area (Å²) in [5, 5.41) is 0.728. The normalized spacial score (nSPS) is 23.1. The van der Waals surface area contributed by atoms with Crippen molar-refractivity contribution >= 4 is 17.4 Å². The monoisotopic (exact) mass is 306 g/mol. The van der Waals surface area contributed by atoms with Crippen molar-refractivity contribution in [2.75, 3.05) is 0 Å². The largest absolute Gasteiger partial charge is 0.299 e. The van der Waals surface area contributed by atoms with Gasteiger partial charge in [0.2, 0.25) is 0 Å². The number of Topliss-reactive ketones (excluding diaryl/α,β-unsaturated/α-hetero) is 1. The number of carbonyl (C=O) groups is 1. The van der Waals surface area contributed by atoms with E-state index < -0.39 is 0 Å². The first kappa shape index (κ1) is 16.5. The minimum Gasteiger partial charge on any atom is -0.299 e. The summed E-state index contributed by atoms with van der Waals surface area (Å²) >= 11 is 6.24. The Hall–Kier alpha value is -0.820. The van der Waals surface area contributed by atoms with Gasteiger partial charge in [-0.05, 0) is 61.1 Å². The first-order valence-electron chi connectivity index (χ1n) is 8.05. The van der Waals surface area contributed by atoms with Crippen LogP contribution in [0.15, 0.2) is 18.2 Å². The summed E-state index contributed by atoms with van der Waals surface area (Å²) in [7, 11) is 0. The number of carbonyl (C=O) groups excluding carboxylic acids is 1. The SMILES string of the molecule is Cc1ccc(CC(=O)C2CCC(C(C)(C)C)CC2)c(Cl)c1. The standard InChI is InChI=1S/C19H27ClO/c1-13-5-6-15(17(20)11-13)12-18(21)14-7-9-16(10-8-14)19(2,3)4/h5-6,11,14,16H,7-10,12H2,1-4H3. The molecule has 1 aliphatic carbocycles. The Balaban J connectivity index is 1.93. The molecule has 21 heavy (non-hydrogen) atoms. The fourth-order valence-electron chi connectivity index (χ4n) is 3.41. The Kier molecular flexibility index (Phi) is 5.14. The van der Waals surface area contributed by atoms with Crippen LogP contribution in [0, 0.1) is 24.2 Å². The maximum Gasteiger partial charge on any atom is 0.140 e. The minimum absolute atomic E-state index is 0.237. The van der Waals surface area contributed by atoms with E-state index in [0.717, 1.165) is 34.9 Å². The number of hydrogen-bond donors (Lipinski definition) is 0. The zero-order valence-electron chi connectivity index (χ0n) is 13.7. The molecule has 0 saturated heterocycles. The van der Waals surface area contributed by atoms with Gasteiger partial charge in [-0.15, -0.1) is 0 Å². The number of rotatable bonds is 3. The Morgan fingerprint density at radius 2 is 1.81 bits per heavy atom. The molecule has 0 N–H and O–H groups in total. The number of halogens is 1. The van der Waals surface area contributed by atoms with Crippen molar-refractivity contribution in [3.63, 3.8) is 0 Å². The topological polar surface area (TPSA) is 17.1 Å². The van der Waals surface area contributed by atoms with Crippen LogP contribution in [0.2, 0.25) is 5.02 Å².